The topological polar surface area (TPSA) is 58.6 Å². The van der Waals surface area contributed by atoms with Gasteiger partial charge in [0.2, 0.25) is 11.8 Å². The number of nitrogens with one attached hydrogen (secondary N) is 1. The van der Waals surface area contributed by atoms with Crippen molar-refractivity contribution in [2.24, 2.45) is 11.8 Å². The van der Waals surface area contributed by atoms with Gasteiger partial charge in [0.05, 0.1) is 13.0 Å². The summed E-state index contributed by atoms with van der Waals surface area (Å²) >= 11 is 0. The molecular formula is C23H27FN2O3. The predicted molar refractivity (Wildman–Crippen MR) is 109 cm³/mol. The molecule has 2 aromatic rings. The second-order valence-corrected chi connectivity index (χ2v) is 7.70. The van der Waals surface area contributed by atoms with E-state index in [1.54, 1.807) is 24.1 Å². The number of hydrogen-bond donors (Lipinski definition) is 1. The average molecular weight is 398 g/mol. The summed E-state index contributed by atoms with van der Waals surface area (Å²) < 4.78 is 18.6. The first-order chi connectivity index (χ1) is 13.9. The lowest BCUT2D eigenvalue weighted by atomic mass is 9.87. The molecule has 154 valence electrons. The zero-order chi connectivity index (χ0) is 21.0. The lowest BCUT2D eigenvalue weighted by molar-refractivity contribution is -0.133. The van der Waals surface area contributed by atoms with Gasteiger partial charge in [0.25, 0.3) is 0 Å². The molecule has 2 aromatic carbocycles. The first-order valence-electron chi connectivity index (χ1n) is 9.84. The maximum Gasteiger partial charge on any atom is 0.225 e. The Hall–Kier alpha value is -2.89. The fraction of sp³-hybridized carbons (Fsp3) is 0.391. The van der Waals surface area contributed by atoms with Gasteiger partial charge in [-0.05, 0) is 29.3 Å². The minimum Gasteiger partial charge on any atom is -0.496 e. The van der Waals surface area contributed by atoms with Crippen molar-refractivity contribution >= 4 is 11.8 Å². The van der Waals surface area contributed by atoms with Crippen molar-refractivity contribution in [3.8, 4) is 5.75 Å². The largest absolute Gasteiger partial charge is 0.496 e. The third kappa shape index (κ3) is 4.75. The van der Waals surface area contributed by atoms with Gasteiger partial charge in [0.1, 0.15) is 11.6 Å². The molecule has 1 aliphatic heterocycles. The third-order valence-electron chi connectivity index (χ3n) is 5.38. The molecule has 0 aliphatic carbocycles. The SMILES string of the molecule is COc1ccccc1[C@H]1CN(C(=O)C(C)C)C[C@@H]1C(=O)NCc1ccc(F)cc1. The Morgan fingerprint density at radius 1 is 1.14 bits per heavy atom. The van der Waals surface area contributed by atoms with E-state index in [2.05, 4.69) is 5.32 Å². The number of carbonyl (C=O) groups excluding carboxylic acids is 2. The quantitative estimate of drug-likeness (QED) is 0.812. The molecule has 0 unspecified atom stereocenters. The van der Waals surface area contributed by atoms with Gasteiger partial charge in [-0.2, -0.15) is 0 Å². The molecule has 3 rings (SSSR count). The van der Waals surface area contributed by atoms with Crippen molar-refractivity contribution in [1.29, 1.82) is 0 Å². The second-order valence-electron chi connectivity index (χ2n) is 7.70. The highest BCUT2D eigenvalue weighted by atomic mass is 19.1. The normalized spacial score (nSPS) is 18.7. The Balaban J connectivity index is 1.80. The van der Waals surface area contributed by atoms with E-state index in [0.717, 1.165) is 11.1 Å². The van der Waals surface area contributed by atoms with Crippen molar-refractivity contribution in [2.45, 2.75) is 26.3 Å². The van der Waals surface area contributed by atoms with Crippen LogP contribution in [0.15, 0.2) is 48.5 Å². The molecule has 0 radical (unpaired) electrons. The van der Waals surface area contributed by atoms with E-state index >= 15 is 0 Å². The Morgan fingerprint density at radius 2 is 1.83 bits per heavy atom. The molecule has 0 spiro atoms. The molecular weight excluding hydrogens is 371 g/mol. The molecule has 1 heterocycles. The number of amides is 2. The minimum atomic E-state index is -0.380. The van der Waals surface area contributed by atoms with Crippen LogP contribution in [0.5, 0.6) is 5.75 Å². The molecule has 0 saturated carbocycles. The van der Waals surface area contributed by atoms with E-state index in [0.29, 0.717) is 25.4 Å². The highest BCUT2D eigenvalue weighted by Crippen LogP contribution is 2.38. The predicted octanol–water partition coefficient (Wildman–Crippen LogP) is 3.35. The molecule has 0 bridgehead atoms. The number of benzene rings is 2. The van der Waals surface area contributed by atoms with Crippen LogP contribution in [-0.4, -0.2) is 36.9 Å². The van der Waals surface area contributed by atoms with E-state index < -0.39 is 0 Å². The van der Waals surface area contributed by atoms with Crippen molar-refractivity contribution in [3.05, 3.63) is 65.5 Å². The average Bonchev–Trinajstić information content (AvgIpc) is 3.17. The van der Waals surface area contributed by atoms with Crippen LogP contribution < -0.4 is 10.1 Å². The van der Waals surface area contributed by atoms with Crippen LogP contribution in [0.25, 0.3) is 0 Å². The lowest BCUT2D eigenvalue weighted by Crippen LogP contribution is -2.36. The molecule has 5 nitrogen and oxygen atoms in total. The Bertz CT molecular complexity index is 867. The van der Waals surface area contributed by atoms with E-state index in [1.807, 2.05) is 38.1 Å². The van der Waals surface area contributed by atoms with Crippen LogP contribution in [0.1, 0.15) is 30.9 Å². The van der Waals surface area contributed by atoms with Crippen molar-refractivity contribution in [2.75, 3.05) is 20.2 Å². The number of carbonyl (C=O) groups is 2. The van der Waals surface area contributed by atoms with Crippen LogP contribution in [0, 0.1) is 17.7 Å². The highest BCUT2D eigenvalue weighted by molar-refractivity contribution is 5.84. The summed E-state index contributed by atoms with van der Waals surface area (Å²) in [5, 5.41) is 2.95. The summed E-state index contributed by atoms with van der Waals surface area (Å²) in [5.41, 5.74) is 1.75. The smallest absolute Gasteiger partial charge is 0.225 e. The molecule has 1 fully saturated rings. The summed E-state index contributed by atoms with van der Waals surface area (Å²) in [6.07, 6.45) is 0. The lowest BCUT2D eigenvalue weighted by Gasteiger charge is -2.20. The number of hydrogen-bond acceptors (Lipinski definition) is 3. The fourth-order valence-corrected chi connectivity index (χ4v) is 3.82. The Kier molecular flexibility index (Phi) is 6.52. The maximum atomic E-state index is 13.1. The summed E-state index contributed by atoms with van der Waals surface area (Å²) in [5.74, 6) is -0.337. The Morgan fingerprint density at radius 3 is 2.48 bits per heavy atom. The van der Waals surface area contributed by atoms with Crippen molar-refractivity contribution < 1.29 is 18.7 Å². The second kappa shape index (κ2) is 9.07. The first kappa shape index (κ1) is 20.8. The van der Waals surface area contributed by atoms with Gasteiger partial charge in [-0.25, -0.2) is 4.39 Å². The van der Waals surface area contributed by atoms with Gasteiger partial charge < -0.3 is 15.0 Å². The van der Waals surface area contributed by atoms with Crippen LogP contribution in [0.4, 0.5) is 4.39 Å². The number of halogens is 1. The van der Waals surface area contributed by atoms with Crippen molar-refractivity contribution in [3.63, 3.8) is 0 Å². The number of likely N-dealkylation sites (tertiary alicyclic amines) is 1. The molecule has 1 saturated heterocycles. The Labute approximate surface area is 170 Å². The van der Waals surface area contributed by atoms with Gasteiger partial charge in [0.15, 0.2) is 0 Å². The molecule has 1 aliphatic rings. The van der Waals surface area contributed by atoms with Crippen molar-refractivity contribution in [1.82, 2.24) is 10.2 Å². The molecule has 2 atom stereocenters. The van der Waals surface area contributed by atoms with Gasteiger partial charge in [0, 0.05) is 31.5 Å². The number of rotatable bonds is 6. The summed E-state index contributed by atoms with van der Waals surface area (Å²) in [6.45, 7) is 4.89. The highest BCUT2D eigenvalue weighted by Gasteiger charge is 2.41. The summed E-state index contributed by atoms with van der Waals surface area (Å²) in [4.78, 5) is 27.4. The van der Waals surface area contributed by atoms with Crippen LogP contribution in [0.3, 0.4) is 0 Å². The number of ether oxygens (including phenoxy) is 1. The van der Waals surface area contributed by atoms with Crippen LogP contribution >= 0.6 is 0 Å². The van der Waals surface area contributed by atoms with Crippen LogP contribution in [0.2, 0.25) is 0 Å². The molecule has 1 N–H and O–H groups in total. The summed E-state index contributed by atoms with van der Waals surface area (Å²) in [6, 6.07) is 13.7. The molecule has 0 aromatic heterocycles. The molecule has 2 amide bonds. The number of para-hydroxylation sites is 1. The fourth-order valence-electron chi connectivity index (χ4n) is 3.82. The third-order valence-corrected chi connectivity index (χ3v) is 5.38. The van der Waals surface area contributed by atoms with E-state index in [4.69, 9.17) is 4.74 Å². The number of methoxy groups -OCH3 is 1. The number of nitrogens with zero attached hydrogens (tertiary/aromatic N) is 1. The van der Waals surface area contributed by atoms with Gasteiger partial charge >= 0.3 is 0 Å². The van der Waals surface area contributed by atoms with Gasteiger partial charge in [-0.3, -0.25) is 9.59 Å². The van der Waals surface area contributed by atoms with E-state index in [1.165, 1.54) is 12.1 Å². The summed E-state index contributed by atoms with van der Waals surface area (Å²) in [7, 11) is 1.61. The minimum absolute atomic E-state index is 0.0405. The van der Waals surface area contributed by atoms with E-state index in [9.17, 15) is 14.0 Å². The maximum absolute atomic E-state index is 13.1. The van der Waals surface area contributed by atoms with Gasteiger partial charge in [-0.15, -0.1) is 0 Å². The molecule has 6 heteroatoms. The first-order valence-corrected chi connectivity index (χ1v) is 9.84. The zero-order valence-corrected chi connectivity index (χ0v) is 17.0. The van der Waals surface area contributed by atoms with Crippen LogP contribution in [-0.2, 0) is 16.1 Å². The zero-order valence-electron chi connectivity index (χ0n) is 17.0. The molecule has 29 heavy (non-hydrogen) atoms. The monoisotopic (exact) mass is 398 g/mol. The standard InChI is InChI=1S/C23H27FN2O3/c1-15(2)23(28)26-13-19(18-6-4-5-7-21(18)29-3)20(14-26)22(27)25-12-16-8-10-17(24)11-9-16/h4-11,15,19-20H,12-14H2,1-3H3,(H,25,27)/t19-,20+/m1/s1. The van der Waals surface area contributed by atoms with E-state index in [-0.39, 0.29) is 35.4 Å². The van der Waals surface area contributed by atoms with Gasteiger partial charge in [-0.1, -0.05) is 44.2 Å².